The number of amides is 2. The standard InChI is InChI=1S/C17H19N3O5/c1-11-14-7-13(8-20(17(22)23)9-15(14)25-19-11)18-16(21)24-10-12-5-3-2-4-6-12/h2-6,13H,7-10H2,1H3,(H,18,21)(H,22,23). The maximum Gasteiger partial charge on any atom is 0.407 e. The van der Waals surface area contributed by atoms with E-state index in [1.807, 2.05) is 30.3 Å². The Bertz CT molecular complexity index is 759. The van der Waals surface area contributed by atoms with Crippen LogP contribution in [0.3, 0.4) is 0 Å². The second kappa shape index (κ2) is 7.25. The number of aromatic nitrogens is 1. The molecule has 1 aromatic carbocycles. The van der Waals surface area contributed by atoms with Gasteiger partial charge in [-0.1, -0.05) is 35.5 Å². The predicted octanol–water partition coefficient (Wildman–Crippen LogP) is 2.31. The lowest BCUT2D eigenvalue weighted by Gasteiger charge is -2.22. The van der Waals surface area contributed by atoms with Gasteiger partial charge in [-0.3, -0.25) is 4.90 Å². The van der Waals surface area contributed by atoms with Gasteiger partial charge in [-0.05, 0) is 18.9 Å². The molecule has 2 heterocycles. The summed E-state index contributed by atoms with van der Waals surface area (Å²) in [7, 11) is 0. The van der Waals surface area contributed by atoms with Crippen molar-refractivity contribution < 1.29 is 24.0 Å². The second-order valence-corrected chi connectivity index (χ2v) is 5.94. The van der Waals surface area contributed by atoms with E-state index < -0.39 is 18.2 Å². The van der Waals surface area contributed by atoms with E-state index in [2.05, 4.69) is 10.5 Å². The van der Waals surface area contributed by atoms with Crippen LogP contribution in [0.5, 0.6) is 0 Å². The highest BCUT2D eigenvalue weighted by atomic mass is 16.5. The first kappa shape index (κ1) is 16.8. The molecule has 2 amide bonds. The molecule has 0 spiro atoms. The minimum absolute atomic E-state index is 0.114. The number of carbonyl (C=O) groups is 2. The molecule has 0 fully saturated rings. The summed E-state index contributed by atoms with van der Waals surface area (Å²) in [5.74, 6) is 0.516. The number of nitrogens with one attached hydrogen (secondary N) is 1. The number of nitrogens with zero attached hydrogens (tertiary/aromatic N) is 2. The van der Waals surface area contributed by atoms with Gasteiger partial charge in [0.05, 0.1) is 18.3 Å². The molecule has 1 aromatic heterocycles. The van der Waals surface area contributed by atoms with Crippen molar-refractivity contribution in [2.24, 2.45) is 0 Å². The van der Waals surface area contributed by atoms with Gasteiger partial charge in [-0.2, -0.15) is 0 Å². The summed E-state index contributed by atoms with van der Waals surface area (Å²) < 4.78 is 10.4. The lowest BCUT2D eigenvalue weighted by molar-refractivity contribution is 0.121. The third-order valence-electron chi connectivity index (χ3n) is 4.10. The number of hydrogen-bond acceptors (Lipinski definition) is 5. The average molecular weight is 345 g/mol. The quantitative estimate of drug-likeness (QED) is 0.884. The van der Waals surface area contributed by atoms with Crippen LogP contribution in [-0.2, 0) is 24.3 Å². The number of carbonyl (C=O) groups excluding carboxylic acids is 1. The Balaban J connectivity index is 1.65. The lowest BCUT2D eigenvalue weighted by Crippen LogP contribution is -2.45. The number of ether oxygens (including phenoxy) is 1. The smallest absolute Gasteiger partial charge is 0.407 e. The number of benzene rings is 1. The minimum atomic E-state index is -1.08. The normalized spacial score (nSPS) is 16.7. The van der Waals surface area contributed by atoms with E-state index in [1.54, 1.807) is 6.92 Å². The minimum Gasteiger partial charge on any atom is -0.465 e. The third kappa shape index (κ3) is 4.09. The van der Waals surface area contributed by atoms with Crippen LogP contribution in [-0.4, -0.2) is 39.9 Å². The molecule has 0 saturated heterocycles. The van der Waals surface area contributed by atoms with Gasteiger partial charge in [0.1, 0.15) is 6.61 Å². The zero-order valence-electron chi connectivity index (χ0n) is 13.8. The predicted molar refractivity (Wildman–Crippen MR) is 86.9 cm³/mol. The molecule has 25 heavy (non-hydrogen) atoms. The summed E-state index contributed by atoms with van der Waals surface area (Å²) in [6, 6.07) is 8.91. The molecule has 1 atom stereocenters. The van der Waals surface area contributed by atoms with Crippen LogP contribution in [0.15, 0.2) is 34.9 Å². The third-order valence-corrected chi connectivity index (χ3v) is 4.10. The molecule has 132 valence electrons. The fourth-order valence-corrected chi connectivity index (χ4v) is 2.81. The highest BCUT2D eigenvalue weighted by molar-refractivity contribution is 5.68. The van der Waals surface area contributed by atoms with Gasteiger partial charge >= 0.3 is 12.2 Å². The van der Waals surface area contributed by atoms with E-state index in [-0.39, 0.29) is 19.7 Å². The van der Waals surface area contributed by atoms with Crippen molar-refractivity contribution in [3.63, 3.8) is 0 Å². The zero-order chi connectivity index (χ0) is 17.8. The molecular weight excluding hydrogens is 326 g/mol. The maximum absolute atomic E-state index is 12.1. The maximum atomic E-state index is 12.1. The molecule has 8 heteroatoms. The van der Waals surface area contributed by atoms with E-state index in [1.165, 1.54) is 4.90 Å². The SMILES string of the molecule is Cc1noc2c1CC(NC(=O)OCc1ccccc1)CN(C(=O)O)C2. The Morgan fingerprint density at radius 1 is 1.40 bits per heavy atom. The molecule has 0 bridgehead atoms. The van der Waals surface area contributed by atoms with Crippen molar-refractivity contribution in [2.75, 3.05) is 6.54 Å². The van der Waals surface area contributed by atoms with E-state index in [0.29, 0.717) is 17.9 Å². The van der Waals surface area contributed by atoms with Crippen molar-refractivity contribution >= 4 is 12.2 Å². The molecule has 1 aliphatic heterocycles. The van der Waals surface area contributed by atoms with Gasteiger partial charge in [0.25, 0.3) is 0 Å². The summed E-state index contributed by atoms with van der Waals surface area (Å²) in [5, 5.41) is 15.9. The number of hydrogen-bond donors (Lipinski definition) is 2. The molecule has 1 unspecified atom stereocenters. The zero-order valence-corrected chi connectivity index (χ0v) is 13.8. The Morgan fingerprint density at radius 3 is 2.88 bits per heavy atom. The molecule has 8 nitrogen and oxygen atoms in total. The van der Waals surface area contributed by atoms with Crippen molar-refractivity contribution in [3.05, 3.63) is 52.9 Å². The van der Waals surface area contributed by atoms with Crippen LogP contribution >= 0.6 is 0 Å². The molecule has 2 aromatic rings. The topological polar surface area (TPSA) is 105 Å². The fraction of sp³-hybridized carbons (Fsp3) is 0.353. The van der Waals surface area contributed by atoms with E-state index >= 15 is 0 Å². The molecule has 2 N–H and O–H groups in total. The first-order valence-corrected chi connectivity index (χ1v) is 7.92. The Labute approximate surface area is 144 Å². The average Bonchev–Trinajstić information content (AvgIpc) is 2.82. The van der Waals surface area contributed by atoms with Gasteiger partial charge in [-0.15, -0.1) is 0 Å². The molecule has 0 aliphatic carbocycles. The second-order valence-electron chi connectivity index (χ2n) is 5.94. The monoisotopic (exact) mass is 345 g/mol. The summed E-state index contributed by atoms with van der Waals surface area (Å²) in [6.07, 6.45) is -1.22. The first-order valence-electron chi connectivity index (χ1n) is 7.92. The van der Waals surface area contributed by atoms with Crippen LogP contribution in [0.25, 0.3) is 0 Å². The fourth-order valence-electron chi connectivity index (χ4n) is 2.81. The Morgan fingerprint density at radius 2 is 2.16 bits per heavy atom. The Hall–Kier alpha value is -3.03. The van der Waals surface area contributed by atoms with Gasteiger partial charge in [0.15, 0.2) is 5.76 Å². The number of carboxylic acid groups (broad SMARTS) is 1. The van der Waals surface area contributed by atoms with Crippen molar-refractivity contribution in [3.8, 4) is 0 Å². The van der Waals surface area contributed by atoms with Crippen molar-refractivity contribution in [1.29, 1.82) is 0 Å². The largest absolute Gasteiger partial charge is 0.465 e. The van der Waals surface area contributed by atoms with Crippen LogP contribution in [0.1, 0.15) is 22.6 Å². The summed E-state index contributed by atoms with van der Waals surface area (Å²) in [6.45, 7) is 2.21. The van der Waals surface area contributed by atoms with Crippen LogP contribution in [0.2, 0.25) is 0 Å². The van der Waals surface area contributed by atoms with E-state index in [9.17, 15) is 14.7 Å². The highest BCUT2D eigenvalue weighted by Gasteiger charge is 2.30. The number of rotatable bonds is 3. The highest BCUT2D eigenvalue weighted by Crippen LogP contribution is 2.22. The lowest BCUT2D eigenvalue weighted by atomic mass is 10.1. The first-order chi connectivity index (χ1) is 12.0. The number of aryl methyl sites for hydroxylation is 1. The summed E-state index contributed by atoms with van der Waals surface area (Å²) in [4.78, 5) is 24.6. The van der Waals surface area contributed by atoms with Crippen LogP contribution in [0.4, 0.5) is 9.59 Å². The molecular formula is C17H19N3O5. The number of alkyl carbamates (subject to hydrolysis) is 1. The number of fused-ring (bicyclic) bond motifs is 1. The summed E-state index contributed by atoms with van der Waals surface area (Å²) in [5.41, 5.74) is 2.41. The van der Waals surface area contributed by atoms with E-state index in [4.69, 9.17) is 9.26 Å². The van der Waals surface area contributed by atoms with Gasteiger partial charge in [0.2, 0.25) is 0 Å². The summed E-state index contributed by atoms with van der Waals surface area (Å²) >= 11 is 0. The van der Waals surface area contributed by atoms with Gasteiger partial charge in [-0.25, -0.2) is 9.59 Å². The van der Waals surface area contributed by atoms with Crippen LogP contribution < -0.4 is 5.32 Å². The van der Waals surface area contributed by atoms with Gasteiger partial charge in [0, 0.05) is 12.1 Å². The van der Waals surface area contributed by atoms with Gasteiger partial charge < -0.3 is 19.7 Å². The molecule has 3 rings (SSSR count). The Kier molecular flexibility index (Phi) is 4.87. The van der Waals surface area contributed by atoms with Crippen LogP contribution in [0, 0.1) is 6.92 Å². The molecule has 1 aliphatic rings. The molecule has 0 saturated carbocycles. The van der Waals surface area contributed by atoms with E-state index in [0.717, 1.165) is 11.1 Å². The molecule has 0 radical (unpaired) electrons. The van der Waals surface area contributed by atoms with Crippen molar-refractivity contribution in [2.45, 2.75) is 32.5 Å². The van der Waals surface area contributed by atoms with Crippen molar-refractivity contribution in [1.82, 2.24) is 15.4 Å².